The van der Waals surface area contributed by atoms with Gasteiger partial charge in [0.05, 0.1) is 23.6 Å². The number of amides is 1. The number of aryl methyl sites for hydroxylation is 1. The number of likely N-dealkylation sites (N-methyl/N-ethyl adjacent to an activating group) is 1. The van der Waals surface area contributed by atoms with E-state index in [2.05, 4.69) is 66.5 Å². The van der Waals surface area contributed by atoms with Gasteiger partial charge in [-0.05, 0) is 31.7 Å². The maximum Gasteiger partial charge on any atom is 0.271 e. The lowest BCUT2D eigenvalue weighted by Crippen LogP contribution is -2.45. The lowest BCUT2D eigenvalue weighted by molar-refractivity contribution is 0.0996. The van der Waals surface area contributed by atoms with Crippen LogP contribution in [0.15, 0.2) is 43.0 Å². The fourth-order valence-electron chi connectivity index (χ4n) is 4.67. The Morgan fingerprint density at radius 2 is 1.76 bits per heavy atom. The highest BCUT2D eigenvalue weighted by atomic mass is 16.1. The number of fused-ring (bicyclic) bond motifs is 1. The quantitative estimate of drug-likeness (QED) is 0.350. The van der Waals surface area contributed by atoms with Crippen LogP contribution in [0, 0.1) is 0 Å². The first kappa shape index (κ1) is 24.6. The zero-order chi connectivity index (χ0) is 26.1. The molecule has 1 fully saturated rings. The van der Waals surface area contributed by atoms with E-state index in [1.165, 1.54) is 5.56 Å². The highest BCUT2D eigenvalue weighted by molar-refractivity contribution is 5.99. The summed E-state index contributed by atoms with van der Waals surface area (Å²) in [6.07, 6.45) is 5.11. The van der Waals surface area contributed by atoms with Crippen LogP contribution >= 0.6 is 0 Å². The zero-order valence-electron chi connectivity index (χ0n) is 21.6. The molecule has 3 aromatic heterocycles. The summed E-state index contributed by atoms with van der Waals surface area (Å²) in [5, 5.41) is 6.31. The highest BCUT2D eigenvalue weighted by Gasteiger charge is 2.22. The van der Waals surface area contributed by atoms with Crippen molar-refractivity contribution in [2.45, 2.75) is 13.0 Å². The molecule has 1 aliphatic heterocycles. The van der Waals surface area contributed by atoms with Gasteiger partial charge in [0.2, 0.25) is 0 Å². The molecule has 0 radical (unpaired) electrons. The molecular weight excluding hydrogens is 468 g/mol. The van der Waals surface area contributed by atoms with E-state index in [9.17, 15) is 4.79 Å². The van der Waals surface area contributed by atoms with Gasteiger partial charge >= 0.3 is 0 Å². The third-order valence-corrected chi connectivity index (χ3v) is 7.00. The van der Waals surface area contributed by atoms with E-state index < -0.39 is 5.91 Å². The van der Waals surface area contributed by atoms with Crippen LogP contribution in [0.3, 0.4) is 0 Å². The van der Waals surface area contributed by atoms with Crippen molar-refractivity contribution in [1.29, 1.82) is 0 Å². The number of piperazine rings is 1. The molecule has 5 rings (SSSR count). The number of primary amides is 1. The van der Waals surface area contributed by atoms with Crippen molar-refractivity contribution in [3.63, 3.8) is 0 Å². The van der Waals surface area contributed by atoms with Gasteiger partial charge in [-0.15, -0.1) is 0 Å². The van der Waals surface area contributed by atoms with Gasteiger partial charge in [0.15, 0.2) is 17.3 Å². The average molecular weight is 501 g/mol. The summed E-state index contributed by atoms with van der Waals surface area (Å²) in [6, 6.07) is 8.49. The molecule has 0 saturated carbocycles. The fraction of sp³-hybridized carbons (Fsp3) is 0.346. The number of nitrogens with one attached hydrogen (secondary N) is 2. The van der Waals surface area contributed by atoms with E-state index in [1.807, 2.05) is 23.7 Å². The average Bonchev–Trinajstić information content (AvgIpc) is 3.29. The van der Waals surface area contributed by atoms with E-state index in [4.69, 9.17) is 5.73 Å². The molecule has 0 spiro atoms. The standard InChI is InChI=1S/C26H32N10O/c1-16(36-11-9-34(3)10-12-36)17-5-7-18(8-6-17)31-26-23(24(27)37)32-22(25(28-2)33-26)19-13-29-14-20-21(19)30-15-35(20)4/h5-8,13-16H,9-12H2,1-4H3,(H2,27,37)(H2,28,31,33). The van der Waals surface area contributed by atoms with Gasteiger partial charge in [0.25, 0.3) is 5.91 Å². The maximum atomic E-state index is 12.4. The Kier molecular flexibility index (Phi) is 6.72. The largest absolute Gasteiger partial charge is 0.371 e. The molecule has 1 unspecified atom stereocenters. The molecule has 11 nitrogen and oxygen atoms in total. The molecule has 4 heterocycles. The van der Waals surface area contributed by atoms with Gasteiger partial charge in [-0.1, -0.05) is 12.1 Å². The summed E-state index contributed by atoms with van der Waals surface area (Å²) in [7, 11) is 5.81. The Morgan fingerprint density at radius 3 is 2.43 bits per heavy atom. The molecule has 1 saturated heterocycles. The number of aromatic nitrogens is 5. The van der Waals surface area contributed by atoms with Crippen LogP contribution in [0.1, 0.15) is 29.0 Å². The van der Waals surface area contributed by atoms with E-state index >= 15 is 0 Å². The Balaban J connectivity index is 1.45. The van der Waals surface area contributed by atoms with Gasteiger partial charge in [0, 0.05) is 58.2 Å². The highest BCUT2D eigenvalue weighted by Crippen LogP contribution is 2.32. The Bertz CT molecular complexity index is 1420. The monoisotopic (exact) mass is 500 g/mol. The summed E-state index contributed by atoms with van der Waals surface area (Å²) in [4.78, 5) is 35.4. The Labute approximate surface area is 215 Å². The van der Waals surface area contributed by atoms with Crippen molar-refractivity contribution in [3.05, 3.63) is 54.2 Å². The van der Waals surface area contributed by atoms with Crippen LogP contribution in [0.2, 0.25) is 0 Å². The van der Waals surface area contributed by atoms with E-state index in [-0.39, 0.29) is 11.5 Å². The minimum atomic E-state index is -0.680. The maximum absolute atomic E-state index is 12.4. The predicted molar refractivity (Wildman–Crippen MR) is 145 cm³/mol. The smallest absolute Gasteiger partial charge is 0.271 e. The Hall–Kier alpha value is -4.09. The first-order valence-corrected chi connectivity index (χ1v) is 12.3. The number of rotatable bonds is 7. The molecule has 1 atom stereocenters. The number of nitrogens with zero attached hydrogens (tertiary/aromatic N) is 7. The van der Waals surface area contributed by atoms with Gasteiger partial charge in [-0.3, -0.25) is 14.7 Å². The number of pyridine rings is 1. The van der Waals surface area contributed by atoms with Crippen LogP contribution in [0.4, 0.5) is 17.3 Å². The molecule has 1 aliphatic rings. The molecule has 0 bridgehead atoms. The summed E-state index contributed by atoms with van der Waals surface area (Å²) in [5.74, 6) is 0.0785. The number of hydrogen-bond acceptors (Lipinski definition) is 9. The van der Waals surface area contributed by atoms with Crippen LogP contribution in [0.5, 0.6) is 0 Å². The minimum Gasteiger partial charge on any atom is -0.371 e. The first-order valence-electron chi connectivity index (χ1n) is 12.3. The summed E-state index contributed by atoms with van der Waals surface area (Å²) >= 11 is 0. The van der Waals surface area contributed by atoms with Crippen molar-refractivity contribution in [2.75, 3.05) is 50.9 Å². The van der Waals surface area contributed by atoms with Crippen molar-refractivity contribution < 1.29 is 4.79 Å². The van der Waals surface area contributed by atoms with E-state index in [1.54, 1.807) is 25.8 Å². The van der Waals surface area contributed by atoms with Crippen LogP contribution < -0.4 is 16.4 Å². The topological polar surface area (TPSA) is 130 Å². The normalized spacial score (nSPS) is 15.6. The summed E-state index contributed by atoms with van der Waals surface area (Å²) in [6.45, 7) is 6.49. The second kappa shape index (κ2) is 10.1. The summed E-state index contributed by atoms with van der Waals surface area (Å²) in [5.41, 5.74) is 10.5. The molecular formula is C26H32N10O. The number of imidazole rings is 1. The van der Waals surface area contributed by atoms with Crippen LogP contribution in [-0.4, -0.2) is 80.5 Å². The number of nitrogens with two attached hydrogens (primary N) is 1. The lowest BCUT2D eigenvalue weighted by Gasteiger charge is -2.36. The fourth-order valence-corrected chi connectivity index (χ4v) is 4.67. The minimum absolute atomic E-state index is 0.0387. The predicted octanol–water partition coefficient (Wildman–Crippen LogP) is 2.62. The van der Waals surface area contributed by atoms with Gasteiger partial charge in [-0.2, -0.15) is 0 Å². The number of hydrogen-bond donors (Lipinski definition) is 3. The molecule has 11 heteroatoms. The van der Waals surface area contributed by atoms with E-state index in [0.717, 1.165) is 37.4 Å². The molecule has 37 heavy (non-hydrogen) atoms. The summed E-state index contributed by atoms with van der Waals surface area (Å²) < 4.78 is 1.87. The third-order valence-electron chi connectivity index (χ3n) is 7.00. The molecule has 4 N–H and O–H groups in total. The molecule has 192 valence electrons. The SMILES string of the molecule is CNc1nc(Nc2ccc(C(C)N3CCN(C)CC3)cc2)c(C(N)=O)nc1-c1cncc2c1ncn2C. The third kappa shape index (κ3) is 4.83. The lowest BCUT2D eigenvalue weighted by atomic mass is 10.1. The zero-order valence-corrected chi connectivity index (χ0v) is 21.6. The van der Waals surface area contributed by atoms with Crippen molar-refractivity contribution in [2.24, 2.45) is 12.8 Å². The van der Waals surface area contributed by atoms with Crippen molar-refractivity contribution >= 4 is 34.3 Å². The number of carbonyl (C=O) groups is 1. The second-order valence-electron chi connectivity index (χ2n) is 9.40. The van der Waals surface area contributed by atoms with Crippen LogP contribution in [0.25, 0.3) is 22.3 Å². The number of carbonyl (C=O) groups excluding carboxylic acids is 1. The Morgan fingerprint density at radius 1 is 1.03 bits per heavy atom. The number of benzene rings is 1. The molecule has 1 amide bonds. The van der Waals surface area contributed by atoms with Gasteiger partial charge < -0.3 is 25.8 Å². The number of anilines is 3. The molecule has 4 aromatic rings. The van der Waals surface area contributed by atoms with Crippen molar-refractivity contribution in [3.8, 4) is 11.3 Å². The van der Waals surface area contributed by atoms with Crippen molar-refractivity contribution in [1.82, 2.24) is 34.3 Å². The first-order chi connectivity index (χ1) is 17.9. The van der Waals surface area contributed by atoms with Gasteiger partial charge in [-0.25, -0.2) is 15.0 Å². The van der Waals surface area contributed by atoms with Crippen LogP contribution in [-0.2, 0) is 7.05 Å². The molecule has 0 aliphatic carbocycles. The van der Waals surface area contributed by atoms with E-state index in [0.29, 0.717) is 28.6 Å². The molecule has 1 aromatic carbocycles. The second-order valence-corrected chi connectivity index (χ2v) is 9.40. The van der Waals surface area contributed by atoms with Gasteiger partial charge in [0.1, 0.15) is 11.2 Å².